The van der Waals surface area contributed by atoms with Crippen LogP contribution in [0, 0.1) is 0 Å². The molecule has 0 aliphatic rings. The van der Waals surface area contributed by atoms with E-state index in [4.69, 9.17) is 4.74 Å². The van der Waals surface area contributed by atoms with Crippen LogP contribution < -0.4 is 15.2 Å². The van der Waals surface area contributed by atoms with Crippen molar-refractivity contribution in [1.82, 2.24) is 4.98 Å². The van der Waals surface area contributed by atoms with Crippen LogP contribution in [-0.4, -0.2) is 16.9 Å². The molecular formula is C20H17N2O4S-. The van der Waals surface area contributed by atoms with Gasteiger partial charge < -0.3 is 20.0 Å². The molecule has 0 unspecified atom stereocenters. The average Bonchev–Trinajstić information content (AvgIpc) is 3.11. The van der Waals surface area contributed by atoms with Gasteiger partial charge in [-0.05, 0) is 43.3 Å². The predicted octanol–water partition coefficient (Wildman–Crippen LogP) is 2.97. The molecule has 0 bridgehead atoms. The number of nitrogens with one attached hydrogen (secondary N) is 1. The van der Waals surface area contributed by atoms with Crippen LogP contribution in [0.15, 0.2) is 60.0 Å². The lowest BCUT2D eigenvalue weighted by atomic mass is 10.1. The second kappa shape index (κ2) is 8.46. The molecule has 0 radical (unpaired) electrons. The number of anilines is 1. The normalized spacial score (nSPS) is 11.6. The number of hydrogen-bond donors (Lipinski definition) is 1. The maximum Gasteiger partial charge on any atom is 0.234 e. The highest BCUT2D eigenvalue weighted by Crippen LogP contribution is 2.25. The summed E-state index contributed by atoms with van der Waals surface area (Å²) in [6.45, 7) is 1.73. The lowest BCUT2D eigenvalue weighted by molar-refractivity contribution is -0.304. The van der Waals surface area contributed by atoms with Crippen LogP contribution in [0.4, 0.5) is 5.69 Å². The summed E-state index contributed by atoms with van der Waals surface area (Å²) in [6, 6.07) is 16.5. The van der Waals surface area contributed by atoms with E-state index in [9.17, 15) is 14.7 Å². The van der Waals surface area contributed by atoms with Gasteiger partial charge in [-0.25, -0.2) is 4.98 Å². The Hall–Kier alpha value is -3.19. The number of rotatable bonds is 7. The number of benzene rings is 2. The summed E-state index contributed by atoms with van der Waals surface area (Å²) in [5.41, 5.74) is 1.04. The second-order valence-electron chi connectivity index (χ2n) is 5.88. The van der Waals surface area contributed by atoms with E-state index in [0.717, 1.165) is 5.75 Å². The third-order valence-electron chi connectivity index (χ3n) is 3.76. The molecular weight excluding hydrogens is 364 g/mol. The van der Waals surface area contributed by atoms with Gasteiger partial charge in [-0.2, -0.15) is 0 Å². The largest absolute Gasteiger partial charge is 0.550 e. The number of aromatic nitrogens is 1. The fraction of sp³-hybridized carbons (Fsp3) is 0.150. The van der Waals surface area contributed by atoms with Crippen LogP contribution in [0.1, 0.15) is 23.5 Å². The van der Waals surface area contributed by atoms with Crippen molar-refractivity contribution in [3.8, 4) is 11.5 Å². The van der Waals surface area contributed by atoms with Gasteiger partial charge in [0.25, 0.3) is 0 Å². The molecule has 27 heavy (non-hydrogen) atoms. The molecule has 1 amide bonds. The Labute approximate surface area is 160 Å². The highest BCUT2D eigenvalue weighted by Gasteiger charge is 2.19. The standard InChI is InChI=1S/C20H18N2O4S/c1-13(20-22-15(12-27-20)11-18(23)24)19(25)21-14-7-9-17(10-8-14)26-16-5-3-2-4-6-16/h2-10,12-13H,11H2,1H3,(H,21,25)(H,23,24)/p-1/t13-/m1/s1. The third-order valence-corrected chi connectivity index (χ3v) is 4.84. The summed E-state index contributed by atoms with van der Waals surface area (Å²) in [4.78, 5) is 27.2. The summed E-state index contributed by atoms with van der Waals surface area (Å²) in [5.74, 6) is -0.508. The fourth-order valence-electron chi connectivity index (χ4n) is 2.34. The van der Waals surface area contributed by atoms with Gasteiger partial charge in [0.05, 0.1) is 11.6 Å². The smallest absolute Gasteiger partial charge is 0.234 e. The molecule has 2 aromatic carbocycles. The van der Waals surface area contributed by atoms with Crippen molar-refractivity contribution in [3.05, 3.63) is 70.7 Å². The molecule has 1 aromatic heterocycles. The SMILES string of the molecule is C[C@H](C(=O)Nc1ccc(Oc2ccccc2)cc1)c1nc(CC(=O)[O-])cs1. The third kappa shape index (κ3) is 5.15. The number of thiazole rings is 1. The molecule has 3 rings (SSSR count). The van der Waals surface area contributed by atoms with Crippen molar-refractivity contribution in [3.63, 3.8) is 0 Å². The van der Waals surface area contributed by atoms with Gasteiger partial charge in [0.1, 0.15) is 16.5 Å². The summed E-state index contributed by atoms with van der Waals surface area (Å²) >= 11 is 1.26. The molecule has 1 atom stereocenters. The molecule has 0 fully saturated rings. The Morgan fingerprint density at radius 2 is 1.78 bits per heavy atom. The zero-order valence-electron chi connectivity index (χ0n) is 14.5. The second-order valence-corrected chi connectivity index (χ2v) is 6.77. The average molecular weight is 381 g/mol. The van der Waals surface area contributed by atoms with E-state index in [-0.39, 0.29) is 12.3 Å². The molecule has 0 aliphatic heterocycles. The van der Waals surface area contributed by atoms with E-state index in [1.165, 1.54) is 11.3 Å². The number of carboxylic acids is 1. The Bertz CT molecular complexity index is 923. The molecule has 1 N–H and O–H groups in total. The molecule has 0 spiro atoms. The quantitative estimate of drug-likeness (QED) is 0.679. The number of carboxylic acid groups (broad SMARTS) is 1. The maximum atomic E-state index is 12.4. The van der Waals surface area contributed by atoms with E-state index >= 15 is 0 Å². The van der Waals surface area contributed by atoms with E-state index in [0.29, 0.717) is 22.1 Å². The van der Waals surface area contributed by atoms with Gasteiger partial charge in [-0.3, -0.25) is 4.79 Å². The van der Waals surface area contributed by atoms with Crippen molar-refractivity contribution >= 4 is 28.9 Å². The number of hydrogen-bond acceptors (Lipinski definition) is 6. The van der Waals surface area contributed by atoms with Crippen molar-refractivity contribution in [2.45, 2.75) is 19.3 Å². The number of amides is 1. The van der Waals surface area contributed by atoms with Gasteiger partial charge in [0.15, 0.2) is 0 Å². The summed E-state index contributed by atoms with van der Waals surface area (Å²) in [6.07, 6.45) is -0.256. The lowest BCUT2D eigenvalue weighted by Gasteiger charge is -2.11. The minimum absolute atomic E-state index is 0.221. The first kappa shape index (κ1) is 18.6. The van der Waals surface area contributed by atoms with Crippen molar-refractivity contribution < 1.29 is 19.4 Å². The molecule has 0 aliphatic carbocycles. The highest BCUT2D eigenvalue weighted by atomic mass is 32.1. The minimum atomic E-state index is -1.19. The van der Waals surface area contributed by atoms with Gasteiger partial charge in [-0.15, -0.1) is 11.3 Å². The van der Waals surface area contributed by atoms with Gasteiger partial charge >= 0.3 is 0 Å². The number of carbonyl (C=O) groups is 2. The fourth-order valence-corrected chi connectivity index (χ4v) is 3.22. The summed E-state index contributed by atoms with van der Waals surface area (Å²) in [7, 11) is 0. The van der Waals surface area contributed by atoms with Gasteiger partial charge in [0, 0.05) is 23.5 Å². The summed E-state index contributed by atoms with van der Waals surface area (Å²) in [5, 5.41) is 15.6. The number of carbonyl (C=O) groups excluding carboxylic acids is 2. The lowest BCUT2D eigenvalue weighted by Crippen LogP contribution is -2.24. The van der Waals surface area contributed by atoms with E-state index in [1.54, 1.807) is 36.6 Å². The molecule has 7 heteroatoms. The molecule has 1 heterocycles. The first-order valence-corrected chi connectivity index (χ1v) is 9.17. The van der Waals surface area contributed by atoms with Crippen LogP contribution in [0.3, 0.4) is 0 Å². The van der Waals surface area contributed by atoms with Gasteiger partial charge in [0.2, 0.25) is 5.91 Å². The van der Waals surface area contributed by atoms with Crippen molar-refractivity contribution in [2.24, 2.45) is 0 Å². The first-order valence-electron chi connectivity index (χ1n) is 8.29. The topological polar surface area (TPSA) is 91.3 Å². The Balaban J connectivity index is 1.60. The summed E-state index contributed by atoms with van der Waals surface area (Å²) < 4.78 is 5.72. The van der Waals surface area contributed by atoms with Crippen LogP contribution >= 0.6 is 11.3 Å². The number of ether oxygens (including phenoxy) is 1. The zero-order valence-corrected chi connectivity index (χ0v) is 15.4. The van der Waals surface area contributed by atoms with Crippen molar-refractivity contribution in [1.29, 1.82) is 0 Å². The highest BCUT2D eigenvalue weighted by molar-refractivity contribution is 7.09. The van der Waals surface area contributed by atoms with Crippen molar-refractivity contribution in [2.75, 3.05) is 5.32 Å². The number of nitrogens with zero attached hydrogens (tertiary/aromatic N) is 1. The number of para-hydroxylation sites is 1. The van der Waals surface area contributed by atoms with Gasteiger partial charge in [-0.1, -0.05) is 18.2 Å². The predicted molar refractivity (Wildman–Crippen MR) is 101 cm³/mol. The molecule has 0 saturated carbocycles. The zero-order chi connectivity index (χ0) is 19.2. The Morgan fingerprint density at radius 1 is 1.11 bits per heavy atom. The Morgan fingerprint density at radius 3 is 2.44 bits per heavy atom. The molecule has 138 valence electrons. The monoisotopic (exact) mass is 381 g/mol. The van der Waals surface area contributed by atoms with E-state index in [2.05, 4.69) is 10.3 Å². The molecule has 6 nitrogen and oxygen atoms in total. The number of aliphatic carboxylic acids is 1. The van der Waals surface area contributed by atoms with Crippen LogP contribution in [-0.2, 0) is 16.0 Å². The minimum Gasteiger partial charge on any atom is -0.550 e. The maximum absolute atomic E-state index is 12.4. The molecule has 3 aromatic rings. The van der Waals surface area contributed by atoms with Crippen LogP contribution in [0.25, 0.3) is 0 Å². The van der Waals surface area contributed by atoms with E-state index < -0.39 is 11.9 Å². The molecule has 0 saturated heterocycles. The van der Waals surface area contributed by atoms with Crippen LogP contribution in [0.5, 0.6) is 11.5 Å². The first-order chi connectivity index (χ1) is 13.0. The van der Waals surface area contributed by atoms with Crippen LogP contribution in [0.2, 0.25) is 0 Å². The van der Waals surface area contributed by atoms with E-state index in [1.807, 2.05) is 30.3 Å². The Kier molecular flexibility index (Phi) is 5.83.